The Kier molecular flexibility index (Phi) is 5.23. The van der Waals surface area contributed by atoms with Gasteiger partial charge in [0.15, 0.2) is 0 Å². The average molecular weight is 531 g/mol. The van der Waals surface area contributed by atoms with Gasteiger partial charge < -0.3 is 5.32 Å². The summed E-state index contributed by atoms with van der Waals surface area (Å²) in [6, 6.07) is 27.3. The number of fused-ring (bicyclic) bond motifs is 4. The van der Waals surface area contributed by atoms with Crippen LogP contribution in [0.4, 0.5) is 11.4 Å². The van der Waals surface area contributed by atoms with Gasteiger partial charge in [0, 0.05) is 21.5 Å². The summed E-state index contributed by atoms with van der Waals surface area (Å²) < 4.78 is 30.7. The molecule has 0 aromatic heterocycles. The quantitative estimate of drug-likeness (QED) is 0.273. The van der Waals surface area contributed by atoms with Crippen molar-refractivity contribution >= 4 is 48.1 Å². The molecule has 0 fully saturated rings. The standard InChI is InChI=1S/C28H23BrN2O2S/c29-25-13-4-3-10-23(25)28-22-12-6-11-21(22)24-17-19(15-16-26(24)30-28)34(32,33)31-27-14-5-8-18-7-1-2-9-20(18)27/h1-11,13-17,21-22,28,30-31H,12H2. The minimum absolute atomic E-state index is 0.152. The van der Waals surface area contributed by atoms with E-state index in [9.17, 15) is 8.42 Å². The summed E-state index contributed by atoms with van der Waals surface area (Å²) in [5.74, 6) is 0.497. The molecule has 3 unspecified atom stereocenters. The van der Waals surface area contributed by atoms with Crippen molar-refractivity contribution in [3.8, 4) is 0 Å². The van der Waals surface area contributed by atoms with Crippen LogP contribution in [0.25, 0.3) is 10.8 Å². The van der Waals surface area contributed by atoms with Crippen LogP contribution in [0, 0.1) is 5.92 Å². The van der Waals surface area contributed by atoms with Gasteiger partial charge in [0.1, 0.15) is 0 Å². The van der Waals surface area contributed by atoms with Gasteiger partial charge in [-0.25, -0.2) is 8.42 Å². The third kappa shape index (κ3) is 3.62. The van der Waals surface area contributed by atoms with Gasteiger partial charge in [0.25, 0.3) is 10.0 Å². The summed E-state index contributed by atoms with van der Waals surface area (Å²) in [4.78, 5) is 0.277. The fourth-order valence-corrected chi connectivity index (χ4v) is 6.94. The molecule has 3 atom stereocenters. The Hall–Kier alpha value is -3.09. The number of rotatable bonds is 4. The molecule has 1 heterocycles. The number of hydrogen-bond donors (Lipinski definition) is 2. The highest BCUT2D eigenvalue weighted by Gasteiger charge is 2.39. The molecule has 1 aliphatic carbocycles. The molecule has 6 heteroatoms. The fourth-order valence-electron chi connectivity index (χ4n) is 5.29. The van der Waals surface area contributed by atoms with E-state index in [4.69, 9.17) is 0 Å². The van der Waals surface area contributed by atoms with Gasteiger partial charge in [-0.05, 0) is 59.2 Å². The Labute approximate surface area is 207 Å². The van der Waals surface area contributed by atoms with Gasteiger partial charge in [-0.15, -0.1) is 0 Å². The molecule has 0 amide bonds. The van der Waals surface area contributed by atoms with Crippen LogP contribution in [0.3, 0.4) is 0 Å². The highest BCUT2D eigenvalue weighted by Crippen LogP contribution is 2.51. The molecule has 1 aliphatic heterocycles. The molecule has 34 heavy (non-hydrogen) atoms. The lowest BCUT2D eigenvalue weighted by Crippen LogP contribution is -2.29. The van der Waals surface area contributed by atoms with Crippen LogP contribution < -0.4 is 10.0 Å². The molecule has 2 N–H and O–H groups in total. The van der Waals surface area contributed by atoms with Crippen molar-refractivity contribution in [1.82, 2.24) is 0 Å². The van der Waals surface area contributed by atoms with E-state index in [2.05, 4.69) is 56.3 Å². The number of allylic oxidation sites excluding steroid dienone is 2. The lowest BCUT2D eigenvalue weighted by Gasteiger charge is -2.38. The van der Waals surface area contributed by atoms with Crippen molar-refractivity contribution in [2.24, 2.45) is 5.92 Å². The Bertz CT molecular complexity index is 1540. The Morgan fingerprint density at radius 3 is 2.56 bits per heavy atom. The van der Waals surface area contributed by atoms with E-state index < -0.39 is 10.0 Å². The fraction of sp³-hybridized carbons (Fsp3) is 0.143. The minimum atomic E-state index is -3.75. The molecule has 6 rings (SSSR count). The van der Waals surface area contributed by atoms with Crippen molar-refractivity contribution < 1.29 is 8.42 Å². The van der Waals surface area contributed by atoms with E-state index in [-0.39, 0.29) is 16.9 Å². The Morgan fingerprint density at radius 1 is 0.882 bits per heavy atom. The van der Waals surface area contributed by atoms with E-state index in [0.717, 1.165) is 32.9 Å². The van der Waals surface area contributed by atoms with Crippen LogP contribution in [0.2, 0.25) is 0 Å². The van der Waals surface area contributed by atoms with Gasteiger partial charge in [-0.3, -0.25) is 4.72 Å². The molecular formula is C28H23BrN2O2S. The van der Waals surface area contributed by atoms with Crippen molar-refractivity contribution in [3.05, 3.63) is 113 Å². The first kappa shape index (κ1) is 21.4. The van der Waals surface area contributed by atoms with Gasteiger partial charge in [-0.1, -0.05) is 82.7 Å². The van der Waals surface area contributed by atoms with Crippen LogP contribution in [0.1, 0.15) is 29.5 Å². The second kappa shape index (κ2) is 8.29. The van der Waals surface area contributed by atoms with Crippen molar-refractivity contribution in [2.45, 2.75) is 23.3 Å². The molecule has 2 aliphatic rings. The van der Waals surface area contributed by atoms with Gasteiger partial charge in [0.2, 0.25) is 0 Å². The van der Waals surface area contributed by atoms with Gasteiger partial charge in [-0.2, -0.15) is 0 Å². The summed E-state index contributed by atoms with van der Waals surface area (Å²) in [7, 11) is -3.75. The molecule has 4 aromatic rings. The number of nitrogens with one attached hydrogen (secondary N) is 2. The monoisotopic (exact) mass is 530 g/mol. The third-order valence-corrected chi connectivity index (χ3v) is 9.00. The zero-order valence-electron chi connectivity index (χ0n) is 18.3. The topological polar surface area (TPSA) is 58.2 Å². The second-order valence-electron chi connectivity index (χ2n) is 8.88. The molecule has 170 valence electrons. The van der Waals surface area contributed by atoms with Crippen LogP contribution in [0.15, 0.2) is 106 Å². The summed E-state index contributed by atoms with van der Waals surface area (Å²) >= 11 is 3.71. The predicted octanol–water partition coefficient (Wildman–Crippen LogP) is 7.23. The number of anilines is 2. The van der Waals surface area contributed by atoms with Crippen molar-refractivity contribution in [3.63, 3.8) is 0 Å². The molecular weight excluding hydrogens is 508 g/mol. The molecule has 4 aromatic carbocycles. The molecule has 0 spiro atoms. The SMILES string of the molecule is O=S(=O)(Nc1cccc2ccccc12)c1ccc2c(c1)C1C=CCC1C(c1ccccc1Br)N2. The third-order valence-electron chi connectivity index (χ3n) is 6.92. The van der Waals surface area contributed by atoms with Gasteiger partial charge >= 0.3 is 0 Å². The Balaban J connectivity index is 1.37. The first-order valence-corrected chi connectivity index (χ1v) is 13.6. The van der Waals surface area contributed by atoms with E-state index >= 15 is 0 Å². The van der Waals surface area contributed by atoms with Gasteiger partial charge in [0.05, 0.1) is 16.6 Å². The lowest BCUT2D eigenvalue weighted by atomic mass is 9.77. The average Bonchev–Trinajstić information content (AvgIpc) is 3.34. The minimum Gasteiger partial charge on any atom is -0.378 e. The number of benzene rings is 4. The normalized spacial score (nSPS) is 21.0. The maximum absolute atomic E-state index is 13.4. The summed E-state index contributed by atoms with van der Waals surface area (Å²) in [6.07, 6.45) is 5.39. The zero-order valence-corrected chi connectivity index (χ0v) is 20.7. The zero-order chi connectivity index (χ0) is 23.3. The summed E-state index contributed by atoms with van der Waals surface area (Å²) in [5, 5.41) is 5.57. The van der Waals surface area contributed by atoms with Crippen molar-refractivity contribution in [2.75, 3.05) is 10.0 Å². The molecule has 4 nitrogen and oxygen atoms in total. The number of sulfonamides is 1. The second-order valence-corrected chi connectivity index (χ2v) is 11.4. The van der Waals surface area contributed by atoms with Crippen molar-refractivity contribution in [1.29, 1.82) is 0 Å². The largest absolute Gasteiger partial charge is 0.378 e. The molecule has 0 saturated heterocycles. The van der Waals surface area contributed by atoms with E-state index in [1.807, 2.05) is 54.6 Å². The first-order chi connectivity index (χ1) is 16.5. The van der Waals surface area contributed by atoms with Crippen LogP contribution in [-0.2, 0) is 10.0 Å². The van der Waals surface area contributed by atoms with E-state index in [0.29, 0.717) is 11.6 Å². The highest BCUT2D eigenvalue weighted by molar-refractivity contribution is 9.10. The van der Waals surface area contributed by atoms with E-state index in [1.54, 1.807) is 12.1 Å². The molecule has 0 radical (unpaired) electrons. The first-order valence-electron chi connectivity index (χ1n) is 11.3. The summed E-state index contributed by atoms with van der Waals surface area (Å²) in [5.41, 5.74) is 3.82. The maximum Gasteiger partial charge on any atom is 0.261 e. The molecule has 0 saturated carbocycles. The van der Waals surface area contributed by atoms with Crippen LogP contribution in [0.5, 0.6) is 0 Å². The lowest BCUT2D eigenvalue weighted by molar-refractivity contribution is 0.424. The van der Waals surface area contributed by atoms with E-state index in [1.165, 1.54) is 5.56 Å². The van der Waals surface area contributed by atoms with Crippen LogP contribution in [-0.4, -0.2) is 8.42 Å². The maximum atomic E-state index is 13.4. The predicted molar refractivity (Wildman–Crippen MR) is 142 cm³/mol. The number of hydrogen-bond acceptors (Lipinski definition) is 3. The summed E-state index contributed by atoms with van der Waals surface area (Å²) in [6.45, 7) is 0. The van der Waals surface area contributed by atoms with Crippen LogP contribution >= 0.6 is 15.9 Å². The smallest absolute Gasteiger partial charge is 0.261 e. The number of halogens is 1. The Morgan fingerprint density at radius 2 is 1.68 bits per heavy atom. The highest BCUT2D eigenvalue weighted by atomic mass is 79.9. The molecule has 0 bridgehead atoms.